The average Bonchev–Trinajstić information content (AvgIpc) is 3.14. The number of aromatic nitrogens is 1. The fourth-order valence-corrected chi connectivity index (χ4v) is 5.62. The van der Waals surface area contributed by atoms with Crippen LogP contribution in [0.15, 0.2) is 77.0 Å². The van der Waals surface area contributed by atoms with Gasteiger partial charge in [-0.25, -0.2) is 0 Å². The fraction of sp³-hybridized carbons (Fsp3) is 0.0500. The minimum atomic E-state index is 0.0651. The summed E-state index contributed by atoms with van der Waals surface area (Å²) in [4.78, 5) is 13.7. The number of rotatable bonds is 3. The predicted molar refractivity (Wildman–Crippen MR) is 104 cm³/mol. The summed E-state index contributed by atoms with van der Waals surface area (Å²) >= 11 is 1.89. The Hall–Kier alpha value is -2.13. The van der Waals surface area contributed by atoms with Crippen molar-refractivity contribution in [2.45, 2.75) is 0 Å². The van der Waals surface area contributed by atoms with Crippen molar-refractivity contribution in [1.82, 2.24) is 4.57 Å². The zero-order valence-electron chi connectivity index (χ0n) is 13.1. The van der Waals surface area contributed by atoms with Gasteiger partial charge in [-0.2, -0.15) is 0 Å². The summed E-state index contributed by atoms with van der Waals surface area (Å²) in [6.07, 6.45) is 2.00. The summed E-state index contributed by atoms with van der Waals surface area (Å²) in [5.74, 6) is 0. The second-order valence-corrected chi connectivity index (χ2v) is 8.85. The Labute approximate surface area is 150 Å². The molecule has 2 nitrogen and oxygen atoms in total. The first-order valence-electron chi connectivity index (χ1n) is 7.62. The molecule has 2 aromatic carbocycles. The molecule has 0 saturated carbocycles. The first-order chi connectivity index (χ1) is 11.7. The third-order valence-corrected chi connectivity index (χ3v) is 7.05. The summed E-state index contributed by atoms with van der Waals surface area (Å²) < 4.78 is 4.25. The van der Waals surface area contributed by atoms with Crippen LogP contribution in [0.5, 0.6) is 0 Å². The Morgan fingerprint density at radius 2 is 1.79 bits per heavy atom. The molecule has 4 rings (SSSR count). The summed E-state index contributed by atoms with van der Waals surface area (Å²) in [5.41, 5.74) is 1.24. The van der Waals surface area contributed by atoms with E-state index in [1.54, 1.807) is 15.9 Å². The van der Waals surface area contributed by atoms with Crippen LogP contribution in [0.1, 0.15) is 0 Å². The number of fused-ring (bicyclic) bond motifs is 1. The first-order valence-corrected chi connectivity index (χ1v) is 10.2. The molecule has 0 bridgehead atoms. The Balaban J connectivity index is 1.92. The number of thiophene rings is 1. The van der Waals surface area contributed by atoms with Crippen LogP contribution >= 0.6 is 11.3 Å². The molecule has 4 heteroatoms. The van der Waals surface area contributed by atoms with Crippen LogP contribution in [0.4, 0.5) is 0 Å². The van der Waals surface area contributed by atoms with E-state index in [1.165, 1.54) is 19.4 Å². The van der Waals surface area contributed by atoms with Crippen LogP contribution in [0.3, 0.4) is 0 Å². The van der Waals surface area contributed by atoms with Crippen LogP contribution in [0.25, 0.3) is 21.2 Å². The molecule has 0 spiro atoms. The zero-order chi connectivity index (χ0) is 16.5. The second kappa shape index (κ2) is 6.40. The van der Waals surface area contributed by atoms with Crippen LogP contribution < -0.4 is 14.5 Å². The van der Waals surface area contributed by atoms with E-state index in [-0.39, 0.29) is 20.5 Å². The molecular weight excluding hydrogens is 381 g/mol. The van der Waals surface area contributed by atoms with Gasteiger partial charge in [-0.3, -0.25) is 0 Å². The molecule has 118 valence electrons. The monoisotopic (exact) mass is 397 g/mol. The van der Waals surface area contributed by atoms with Crippen molar-refractivity contribution in [2.75, 3.05) is 0 Å². The molecular formula is C20H15NOSSe. The van der Waals surface area contributed by atoms with E-state index in [4.69, 9.17) is 0 Å². The Morgan fingerprint density at radius 1 is 0.958 bits per heavy atom. The van der Waals surface area contributed by atoms with Gasteiger partial charge in [0.2, 0.25) is 0 Å². The Morgan fingerprint density at radius 3 is 2.54 bits per heavy atom. The molecule has 0 amide bonds. The molecule has 0 atom stereocenters. The number of nitrogens with zero attached hydrogens (tertiary/aromatic N) is 1. The van der Waals surface area contributed by atoms with Gasteiger partial charge in [-0.1, -0.05) is 0 Å². The molecule has 0 radical (unpaired) electrons. The molecule has 0 fully saturated rings. The van der Waals surface area contributed by atoms with E-state index in [0.717, 1.165) is 10.8 Å². The van der Waals surface area contributed by atoms with Crippen LogP contribution in [0.2, 0.25) is 0 Å². The number of hydrogen-bond donors (Lipinski definition) is 0. The molecule has 2 aromatic heterocycles. The van der Waals surface area contributed by atoms with E-state index in [2.05, 4.69) is 53.9 Å². The Kier molecular flexibility index (Phi) is 4.11. The maximum atomic E-state index is 12.5. The van der Waals surface area contributed by atoms with E-state index in [9.17, 15) is 4.79 Å². The SMILES string of the molecule is Cn1cc([Se]c2ccccc2)c2cc(-c3cccs3)ccc2c1=O. The summed E-state index contributed by atoms with van der Waals surface area (Å²) in [5, 5.41) is 3.96. The molecule has 0 saturated heterocycles. The average molecular weight is 396 g/mol. The van der Waals surface area contributed by atoms with Crippen LogP contribution in [0, 0.1) is 0 Å². The number of pyridine rings is 1. The van der Waals surface area contributed by atoms with Gasteiger partial charge in [0.1, 0.15) is 0 Å². The van der Waals surface area contributed by atoms with Crippen LogP contribution in [-0.4, -0.2) is 19.5 Å². The minimum absolute atomic E-state index is 0.0651. The van der Waals surface area contributed by atoms with Crippen molar-refractivity contribution in [3.05, 3.63) is 82.6 Å². The number of hydrogen-bond acceptors (Lipinski definition) is 2. The normalized spacial score (nSPS) is 11.0. The van der Waals surface area contributed by atoms with Crippen molar-refractivity contribution >= 4 is 46.0 Å². The molecule has 0 aliphatic heterocycles. The summed E-state index contributed by atoms with van der Waals surface area (Å²) in [6.45, 7) is 0. The molecule has 0 N–H and O–H groups in total. The van der Waals surface area contributed by atoms with Gasteiger partial charge in [0, 0.05) is 0 Å². The van der Waals surface area contributed by atoms with Gasteiger partial charge in [0.25, 0.3) is 0 Å². The third kappa shape index (κ3) is 2.84. The zero-order valence-corrected chi connectivity index (χ0v) is 15.6. The van der Waals surface area contributed by atoms with E-state index < -0.39 is 0 Å². The standard InChI is InChI=1S/C20H15NOSSe/c1-21-13-19(24-15-6-3-2-4-7-15)17-12-14(18-8-5-11-23-18)9-10-16(17)20(21)22/h2-13H,1H3. The summed E-state index contributed by atoms with van der Waals surface area (Å²) in [7, 11) is 1.83. The fourth-order valence-electron chi connectivity index (χ4n) is 2.72. The van der Waals surface area contributed by atoms with Crippen molar-refractivity contribution < 1.29 is 0 Å². The van der Waals surface area contributed by atoms with E-state index in [1.807, 2.05) is 25.4 Å². The van der Waals surface area contributed by atoms with Gasteiger partial charge in [0.05, 0.1) is 0 Å². The maximum absolute atomic E-state index is 12.5. The van der Waals surface area contributed by atoms with E-state index in [0.29, 0.717) is 0 Å². The van der Waals surface area contributed by atoms with Crippen molar-refractivity contribution in [1.29, 1.82) is 0 Å². The second-order valence-electron chi connectivity index (χ2n) is 5.56. The van der Waals surface area contributed by atoms with E-state index >= 15 is 0 Å². The first kappa shape index (κ1) is 15.4. The summed E-state index contributed by atoms with van der Waals surface area (Å²) in [6, 6.07) is 20.8. The third-order valence-electron chi connectivity index (χ3n) is 3.92. The molecule has 0 unspecified atom stereocenters. The molecule has 0 aliphatic carbocycles. The van der Waals surface area contributed by atoms with Crippen LogP contribution in [-0.2, 0) is 7.05 Å². The molecule has 4 aromatic rings. The quantitative estimate of drug-likeness (QED) is 0.488. The number of aryl methyl sites for hydroxylation is 1. The van der Waals surface area contributed by atoms with Gasteiger partial charge >= 0.3 is 151 Å². The molecule has 2 heterocycles. The predicted octanol–water partition coefficient (Wildman–Crippen LogP) is 2.92. The molecule has 0 aliphatic rings. The molecule has 24 heavy (non-hydrogen) atoms. The van der Waals surface area contributed by atoms with Gasteiger partial charge in [-0.15, -0.1) is 0 Å². The topological polar surface area (TPSA) is 22.0 Å². The van der Waals surface area contributed by atoms with Crippen molar-refractivity contribution in [2.24, 2.45) is 7.05 Å². The number of benzene rings is 2. The van der Waals surface area contributed by atoms with Gasteiger partial charge < -0.3 is 0 Å². The van der Waals surface area contributed by atoms with Gasteiger partial charge in [-0.05, 0) is 0 Å². The van der Waals surface area contributed by atoms with Gasteiger partial charge in [0.15, 0.2) is 0 Å². The van der Waals surface area contributed by atoms with Crippen molar-refractivity contribution in [3.8, 4) is 10.4 Å². The Bertz CT molecular complexity index is 1050. The van der Waals surface area contributed by atoms with Crippen molar-refractivity contribution in [3.63, 3.8) is 0 Å².